The van der Waals surface area contributed by atoms with Crippen molar-refractivity contribution in [2.24, 2.45) is 0 Å². The van der Waals surface area contributed by atoms with E-state index in [2.05, 4.69) is 21.2 Å². The van der Waals surface area contributed by atoms with Crippen LogP contribution in [0.15, 0.2) is 28.7 Å². The van der Waals surface area contributed by atoms with Gasteiger partial charge in [0.15, 0.2) is 0 Å². The van der Waals surface area contributed by atoms with Gasteiger partial charge in [-0.3, -0.25) is 0 Å². The number of carbonyl (C=O) groups excluding carboxylic acids is 2. The molecular formula is C14H18BrNO3. The number of benzene rings is 1. The van der Waals surface area contributed by atoms with Crippen LogP contribution in [0.2, 0.25) is 0 Å². The van der Waals surface area contributed by atoms with Crippen molar-refractivity contribution in [2.75, 3.05) is 0 Å². The van der Waals surface area contributed by atoms with Gasteiger partial charge in [-0.25, -0.2) is 4.79 Å². The van der Waals surface area contributed by atoms with Gasteiger partial charge in [-0.2, -0.15) is 0 Å². The third kappa shape index (κ3) is 6.38. The predicted octanol–water partition coefficient (Wildman–Crippen LogP) is 3.08. The lowest BCUT2D eigenvalue weighted by atomic mass is 10.1. The first-order valence-electron chi connectivity index (χ1n) is 5.99. The van der Waals surface area contributed by atoms with Crippen LogP contribution in [0, 0.1) is 0 Å². The van der Waals surface area contributed by atoms with Gasteiger partial charge in [-0.05, 0) is 44.9 Å². The molecule has 19 heavy (non-hydrogen) atoms. The number of alkyl carbamates (subject to hydrolysis) is 1. The number of carbonyl (C=O) groups is 2. The van der Waals surface area contributed by atoms with Gasteiger partial charge >= 0.3 is 6.09 Å². The molecule has 0 aromatic heterocycles. The van der Waals surface area contributed by atoms with Crippen LogP contribution >= 0.6 is 15.9 Å². The number of aldehydes is 1. The van der Waals surface area contributed by atoms with Crippen molar-refractivity contribution >= 4 is 28.3 Å². The molecule has 0 aliphatic carbocycles. The SMILES string of the molecule is CC(C)(C)OC(=O)N[C@@H](C=O)Cc1ccc(Br)cc1. The lowest BCUT2D eigenvalue weighted by Crippen LogP contribution is -2.41. The van der Waals surface area contributed by atoms with Gasteiger partial charge in [0, 0.05) is 4.47 Å². The molecule has 4 nitrogen and oxygen atoms in total. The van der Waals surface area contributed by atoms with Crippen LogP contribution in [0.1, 0.15) is 26.3 Å². The summed E-state index contributed by atoms with van der Waals surface area (Å²) in [7, 11) is 0. The second kappa shape index (κ2) is 6.70. The van der Waals surface area contributed by atoms with Gasteiger partial charge in [0.05, 0.1) is 6.04 Å². The molecule has 1 aromatic rings. The standard InChI is InChI=1S/C14H18BrNO3/c1-14(2,3)19-13(18)16-12(9-17)8-10-4-6-11(15)7-5-10/h4-7,9,12H,8H2,1-3H3,(H,16,18)/t12-/m1/s1. The molecule has 5 heteroatoms. The average Bonchev–Trinajstić information content (AvgIpc) is 2.28. The van der Waals surface area contributed by atoms with E-state index in [4.69, 9.17) is 4.74 Å². The Balaban J connectivity index is 2.57. The first-order valence-corrected chi connectivity index (χ1v) is 6.79. The zero-order valence-electron chi connectivity index (χ0n) is 11.3. The van der Waals surface area contributed by atoms with Gasteiger partial charge in [-0.1, -0.05) is 28.1 Å². The Bertz CT molecular complexity index is 437. The first kappa shape index (κ1) is 15.7. The van der Waals surface area contributed by atoms with E-state index >= 15 is 0 Å². The Morgan fingerprint density at radius 3 is 2.42 bits per heavy atom. The highest BCUT2D eigenvalue weighted by atomic mass is 79.9. The number of nitrogens with one attached hydrogen (secondary N) is 1. The van der Waals surface area contributed by atoms with Crippen molar-refractivity contribution in [3.8, 4) is 0 Å². The van der Waals surface area contributed by atoms with Gasteiger partial charge in [-0.15, -0.1) is 0 Å². The van der Waals surface area contributed by atoms with Crippen LogP contribution in [0.25, 0.3) is 0 Å². The molecule has 1 amide bonds. The zero-order chi connectivity index (χ0) is 14.5. The maximum atomic E-state index is 11.6. The molecule has 0 spiro atoms. The second-order valence-electron chi connectivity index (χ2n) is 5.22. The topological polar surface area (TPSA) is 55.4 Å². The third-order valence-corrected chi connectivity index (χ3v) is 2.76. The third-order valence-electron chi connectivity index (χ3n) is 2.24. The van der Waals surface area contributed by atoms with Crippen molar-refractivity contribution in [3.05, 3.63) is 34.3 Å². The molecule has 0 heterocycles. The summed E-state index contributed by atoms with van der Waals surface area (Å²) in [6, 6.07) is 7.00. The van der Waals surface area contributed by atoms with Crippen molar-refractivity contribution in [1.29, 1.82) is 0 Å². The van der Waals surface area contributed by atoms with E-state index in [0.29, 0.717) is 12.7 Å². The largest absolute Gasteiger partial charge is 0.444 e. The highest BCUT2D eigenvalue weighted by Gasteiger charge is 2.19. The van der Waals surface area contributed by atoms with Crippen molar-refractivity contribution in [3.63, 3.8) is 0 Å². The van der Waals surface area contributed by atoms with Gasteiger partial charge in [0.25, 0.3) is 0 Å². The Labute approximate surface area is 121 Å². The number of hydrogen-bond donors (Lipinski definition) is 1. The molecule has 0 aliphatic rings. The number of ether oxygens (including phenoxy) is 1. The monoisotopic (exact) mass is 327 g/mol. The average molecular weight is 328 g/mol. The molecule has 0 aliphatic heterocycles. The number of hydrogen-bond acceptors (Lipinski definition) is 3. The molecule has 0 saturated heterocycles. The Hall–Kier alpha value is -1.36. The molecule has 0 unspecified atom stereocenters. The van der Waals surface area contributed by atoms with Gasteiger partial charge in [0.1, 0.15) is 11.9 Å². The number of rotatable bonds is 4. The summed E-state index contributed by atoms with van der Waals surface area (Å²) in [6.07, 6.45) is 0.573. The van der Waals surface area contributed by atoms with Crippen LogP contribution in [0.3, 0.4) is 0 Å². The zero-order valence-corrected chi connectivity index (χ0v) is 12.9. The Morgan fingerprint density at radius 1 is 1.37 bits per heavy atom. The van der Waals surface area contributed by atoms with E-state index in [1.165, 1.54) is 0 Å². The molecule has 0 bridgehead atoms. The van der Waals surface area contributed by atoms with Gasteiger partial charge < -0.3 is 14.8 Å². The smallest absolute Gasteiger partial charge is 0.408 e. The first-order chi connectivity index (χ1) is 8.80. The Morgan fingerprint density at radius 2 is 1.95 bits per heavy atom. The highest BCUT2D eigenvalue weighted by molar-refractivity contribution is 9.10. The minimum absolute atomic E-state index is 0.440. The summed E-state index contributed by atoms with van der Waals surface area (Å²) >= 11 is 3.34. The fourth-order valence-corrected chi connectivity index (χ4v) is 1.73. The van der Waals surface area contributed by atoms with E-state index in [9.17, 15) is 9.59 Å². The lowest BCUT2D eigenvalue weighted by molar-refractivity contribution is -0.109. The maximum absolute atomic E-state index is 11.6. The predicted molar refractivity (Wildman–Crippen MR) is 77.1 cm³/mol. The van der Waals surface area contributed by atoms with E-state index in [0.717, 1.165) is 10.0 Å². The number of amides is 1. The minimum Gasteiger partial charge on any atom is -0.444 e. The van der Waals surface area contributed by atoms with Crippen LogP contribution in [0.5, 0.6) is 0 Å². The number of halogens is 1. The lowest BCUT2D eigenvalue weighted by Gasteiger charge is -2.21. The van der Waals surface area contributed by atoms with Crippen LogP contribution in [0.4, 0.5) is 4.79 Å². The summed E-state index contributed by atoms with van der Waals surface area (Å²) in [5.41, 5.74) is 0.395. The van der Waals surface area contributed by atoms with Gasteiger partial charge in [0.2, 0.25) is 0 Å². The van der Waals surface area contributed by atoms with E-state index in [1.54, 1.807) is 20.8 Å². The molecule has 1 N–H and O–H groups in total. The minimum atomic E-state index is -0.587. The maximum Gasteiger partial charge on any atom is 0.408 e. The summed E-state index contributed by atoms with van der Waals surface area (Å²) in [6.45, 7) is 5.33. The van der Waals surface area contributed by atoms with Crippen LogP contribution in [-0.4, -0.2) is 24.0 Å². The quantitative estimate of drug-likeness (QED) is 0.864. The summed E-state index contributed by atoms with van der Waals surface area (Å²) < 4.78 is 6.08. The van der Waals surface area contributed by atoms with Crippen molar-refractivity contribution in [1.82, 2.24) is 5.32 Å². The molecule has 0 fully saturated rings. The van der Waals surface area contributed by atoms with Crippen molar-refractivity contribution < 1.29 is 14.3 Å². The van der Waals surface area contributed by atoms with Crippen LogP contribution < -0.4 is 5.32 Å². The van der Waals surface area contributed by atoms with E-state index in [1.807, 2.05) is 24.3 Å². The van der Waals surface area contributed by atoms with E-state index < -0.39 is 17.7 Å². The summed E-state index contributed by atoms with van der Waals surface area (Å²) in [5, 5.41) is 2.55. The highest BCUT2D eigenvalue weighted by Crippen LogP contribution is 2.12. The molecule has 104 valence electrons. The molecular weight excluding hydrogens is 310 g/mol. The fraction of sp³-hybridized carbons (Fsp3) is 0.429. The van der Waals surface area contributed by atoms with Crippen LogP contribution in [-0.2, 0) is 16.0 Å². The second-order valence-corrected chi connectivity index (χ2v) is 6.14. The normalized spacial score (nSPS) is 12.6. The molecule has 0 saturated carbocycles. The molecule has 0 radical (unpaired) electrons. The Kier molecular flexibility index (Phi) is 5.54. The molecule has 1 aromatic carbocycles. The van der Waals surface area contributed by atoms with E-state index in [-0.39, 0.29) is 0 Å². The molecule has 1 atom stereocenters. The fourth-order valence-electron chi connectivity index (χ4n) is 1.47. The summed E-state index contributed by atoms with van der Waals surface area (Å²) in [5.74, 6) is 0. The summed E-state index contributed by atoms with van der Waals surface area (Å²) in [4.78, 5) is 22.6. The van der Waals surface area contributed by atoms with Crippen molar-refractivity contribution in [2.45, 2.75) is 38.8 Å². The molecule has 1 rings (SSSR count).